The molecule has 0 radical (unpaired) electrons. The van der Waals surface area contributed by atoms with Crippen LogP contribution in [0.15, 0.2) is 41.7 Å². The fourth-order valence-electron chi connectivity index (χ4n) is 1.40. The van der Waals surface area contributed by atoms with Crippen LogP contribution >= 0.6 is 11.8 Å². The summed E-state index contributed by atoms with van der Waals surface area (Å²) < 4.78 is 1.95. The van der Waals surface area contributed by atoms with Crippen LogP contribution in [0.2, 0.25) is 0 Å². The normalized spacial score (nSPS) is 10.4. The maximum absolute atomic E-state index is 10.8. The van der Waals surface area contributed by atoms with E-state index in [4.69, 9.17) is 5.11 Å². The number of nitrogens with zero attached hydrogens (tertiary/aromatic N) is 2. The Morgan fingerprint density at radius 2 is 2.35 bits per heavy atom. The molecule has 0 saturated heterocycles. The van der Waals surface area contributed by atoms with E-state index in [0.29, 0.717) is 5.56 Å². The average Bonchev–Trinajstić information content (AvgIpc) is 2.72. The Balaban J connectivity index is 2.07. The predicted molar refractivity (Wildman–Crippen MR) is 66.2 cm³/mol. The number of carboxylic acid groups (broad SMARTS) is 1. The highest BCUT2D eigenvalue weighted by molar-refractivity contribution is 7.98. The van der Waals surface area contributed by atoms with E-state index in [2.05, 4.69) is 4.98 Å². The number of carboxylic acids is 1. The molecule has 2 aromatic rings. The molecule has 4 nitrogen and oxygen atoms in total. The number of benzene rings is 1. The molecule has 0 aliphatic heterocycles. The topological polar surface area (TPSA) is 55.1 Å². The van der Waals surface area contributed by atoms with Crippen LogP contribution < -0.4 is 0 Å². The van der Waals surface area contributed by atoms with Crippen LogP contribution in [0.4, 0.5) is 0 Å². The van der Waals surface area contributed by atoms with Crippen LogP contribution in [-0.2, 0) is 12.8 Å². The molecular weight excluding hydrogens is 236 g/mol. The van der Waals surface area contributed by atoms with Crippen molar-refractivity contribution >= 4 is 17.7 Å². The van der Waals surface area contributed by atoms with E-state index in [-0.39, 0.29) is 0 Å². The Morgan fingerprint density at radius 1 is 1.53 bits per heavy atom. The van der Waals surface area contributed by atoms with E-state index in [1.54, 1.807) is 36.3 Å². The third-order valence-corrected chi connectivity index (χ3v) is 3.41. The molecular formula is C12H12N2O2S. The van der Waals surface area contributed by atoms with E-state index in [0.717, 1.165) is 16.3 Å². The Morgan fingerprint density at radius 3 is 3.00 bits per heavy atom. The van der Waals surface area contributed by atoms with Crippen LogP contribution in [0.5, 0.6) is 0 Å². The summed E-state index contributed by atoms with van der Waals surface area (Å²) in [7, 11) is 1.94. The van der Waals surface area contributed by atoms with Gasteiger partial charge in [-0.2, -0.15) is 0 Å². The second-order valence-electron chi connectivity index (χ2n) is 3.62. The van der Waals surface area contributed by atoms with Crippen LogP contribution in [0.25, 0.3) is 0 Å². The lowest BCUT2D eigenvalue weighted by Gasteiger charge is -2.03. The second kappa shape index (κ2) is 5.05. The maximum Gasteiger partial charge on any atom is 0.335 e. The van der Waals surface area contributed by atoms with Crippen molar-refractivity contribution in [2.45, 2.75) is 10.6 Å². The van der Waals surface area contributed by atoms with Gasteiger partial charge in [0, 0.05) is 29.6 Å². The molecule has 1 aromatic carbocycles. The van der Waals surface area contributed by atoms with Gasteiger partial charge in [0.25, 0.3) is 0 Å². The van der Waals surface area contributed by atoms with Crippen molar-refractivity contribution in [3.8, 4) is 0 Å². The minimum absolute atomic E-state index is 0.319. The molecule has 0 spiro atoms. The van der Waals surface area contributed by atoms with Gasteiger partial charge in [-0.15, -0.1) is 11.8 Å². The van der Waals surface area contributed by atoms with Gasteiger partial charge in [0.1, 0.15) is 0 Å². The zero-order valence-corrected chi connectivity index (χ0v) is 10.1. The molecule has 0 aliphatic carbocycles. The Hall–Kier alpha value is -1.75. The summed E-state index contributed by atoms with van der Waals surface area (Å²) in [5, 5.41) is 8.88. The van der Waals surface area contributed by atoms with Gasteiger partial charge in [-0.25, -0.2) is 9.78 Å². The molecule has 1 N–H and O–H groups in total. The van der Waals surface area contributed by atoms with Gasteiger partial charge in [0.2, 0.25) is 0 Å². The molecule has 0 amide bonds. The number of hydrogen-bond donors (Lipinski definition) is 1. The first kappa shape index (κ1) is 11.7. The van der Waals surface area contributed by atoms with Crippen molar-refractivity contribution < 1.29 is 9.90 Å². The highest BCUT2D eigenvalue weighted by atomic mass is 32.2. The van der Waals surface area contributed by atoms with E-state index < -0.39 is 5.97 Å². The number of rotatable bonds is 4. The molecule has 0 bridgehead atoms. The maximum atomic E-state index is 10.8. The highest BCUT2D eigenvalue weighted by Gasteiger charge is 2.04. The first-order valence-corrected chi connectivity index (χ1v) is 6.07. The zero-order valence-electron chi connectivity index (χ0n) is 9.33. The number of hydrogen-bond acceptors (Lipinski definition) is 3. The largest absolute Gasteiger partial charge is 0.478 e. The highest BCUT2D eigenvalue weighted by Crippen LogP contribution is 2.23. The predicted octanol–water partition coefficient (Wildman–Crippen LogP) is 2.41. The number of aromatic carboxylic acids is 1. The van der Waals surface area contributed by atoms with E-state index >= 15 is 0 Å². The molecule has 1 heterocycles. The third-order valence-electron chi connectivity index (χ3n) is 2.38. The molecule has 0 unspecified atom stereocenters. The minimum atomic E-state index is -0.895. The number of aryl methyl sites for hydroxylation is 1. The molecule has 17 heavy (non-hydrogen) atoms. The zero-order chi connectivity index (χ0) is 12.3. The smallest absolute Gasteiger partial charge is 0.335 e. The van der Waals surface area contributed by atoms with Gasteiger partial charge in [-0.05, 0) is 18.2 Å². The van der Waals surface area contributed by atoms with Crippen LogP contribution in [0, 0.1) is 0 Å². The number of imidazole rings is 1. The number of aromatic nitrogens is 2. The van der Waals surface area contributed by atoms with Crippen molar-refractivity contribution in [3.05, 3.63) is 48.0 Å². The molecule has 0 atom stereocenters. The van der Waals surface area contributed by atoms with Crippen LogP contribution in [0.1, 0.15) is 16.1 Å². The Labute approximate surface area is 103 Å². The molecule has 5 heteroatoms. The molecule has 0 aliphatic rings. The van der Waals surface area contributed by atoms with Crippen LogP contribution in [-0.4, -0.2) is 20.6 Å². The molecule has 88 valence electrons. The van der Waals surface area contributed by atoms with Gasteiger partial charge in [0.15, 0.2) is 0 Å². The summed E-state index contributed by atoms with van der Waals surface area (Å²) in [6, 6.07) is 6.95. The Bertz CT molecular complexity index is 537. The van der Waals surface area contributed by atoms with Gasteiger partial charge in [-0.3, -0.25) is 0 Å². The number of carbonyl (C=O) groups is 1. The molecule has 1 aromatic heterocycles. The van der Waals surface area contributed by atoms with Gasteiger partial charge >= 0.3 is 5.97 Å². The summed E-state index contributed by atoms with van der Waals surface area (Å²) in [6.07, 6.45) is 3.57. The molecule has 2 rings (SSSR count). The summed E-state index contributed by atoms with van der Waals surface area (Å²) in [6.45, 7) is 0. The standard InChI is InChI=1S/C12H12N2O2S/c1-14-8-13-6-10(14)7-17-11-4-2-3-9(5-11)12(15)16/h2-6,8H,7H2,1H3,(H,15,16). The van der Waals surface area contributed by atoms with Crippen molar-refractivity contribution in [1.82, 2.24) is 9.55 Å². The quantitative estimate of drug-likeness (QED) is 0.844. The lowest BCUT2D eigenvalue weighted by molar-refractivity contribution is 0.0696. The SMILES string of the molecule is Cn1cncc1CSc1cccc(C(=O)O)c1. The average molecular weight is 248 g/mol. The summed E-state index contributed by atoms with van der Waals surface area (Å²) >= 11 is 1.60. The Kier molecular flexibility index (Phi) is 3.49. The van der Waals surface area contributed by atoms with Gasteiger partial charge < -0.3 is 9.67 Å². The lowest BCUT2D eigenvalue weighted by atomic mass is 10.2. The van der Waals surface area contributed by atoms with Gasteiger partial charge in [0.05, 0.1) is 11.9 Å². The monoisotopic (exact) mass is 248 g/mol. The van der Waals surface area contributed by atoms with Crippen molar-refractivity contribution in [3.63, 3.8) is 0 Å². The first-order valence-electron chi connectivity index (χ1n) is 5.08. The van der Waals surface area contributed by atoms with E-state index in [9.17, 15) is 4.79 Å². The van der Waals surface area contributed by atoms with Crippen molar-refractivity contribution in [2.24, 2.45) is 7.05 Å². The van der Waals surface area contributed by atoms with Crippen molar-refractivity contribution in [2.75, 3.05) is 0 Å². The second-order valence-corrected chi connectivity index (χ2v) is 4.67. The third kappa shape index (κ3) is 2.88. The van der Waals surface area contributed by atoms with E-state index in [1.807, 2.05) is 23.9 Å². The summed E-state index contributed by atoms with van der Waals surface area (Å²) in [5.74, 6) is -0.118. The minimum Gasteiger partial charge on any atom is -0.478 e. The number of thioether (sulfide) groups is 1. The summed E-state index contributed by atoms with van der Waals surface area (Å²) in [4.78, 5) is 15.8. The summed E-state index contributed by atoms with van der Waals surface area (Å²) in [5.41, 5.74) is 1.43. The van der Waals surface area contributed by atoms with Gasteiger partial charge in [-0.1, -0.05) is 6.07 Å². The molecule has 0 fully saturated rings. The fraction of sp³-hybridized carbons (Fsp3) is 0.167. The van der Waals surface area contributed by atoms with E-state index in [1.165, 1.54) is 0 Å². The first-order chi connectivity index (χ1) is 8.16. The molecule has 0 saturated carbocycles. The van der Waals surface area contributed by atoms with Crippen molar-refractivity contribution in [1.29, 1.82) is 0 Å². The fourth-order valence-corrected chi connectivity index (χ4v) is 2.38. The van der Waals surface area contributed by atoms with Crippen LogP contribution in [0.3, 0.4) is 0 Å². The lowest BCUT2D eigenvalue weighted by Crippen LogP contribution is -1.96.